The predicted molar refractivity (Wildman–Crippen MR) is 78.3 cm³/mol. The summed E-state index contributed by atoms with van der Waals surface area (Å²) in [5, 5.41) is 16.2. The molecule has 2 rings (SSSR count). The van der Waals surface area contributed by atoms with Crippen molar-refractivity contribution in [3.05, 3.63) is 51.7 Å². The molecule has 104 valence electrons. The summed E-state index contributed by atoms with van der Waals surface area (Å²) in [5.74, 6) is 0.162. The molecule has 2 aromatic rings. The molecule has 0 saturated heterocycles. The van der Waals surface area contributed by atoms with Gasteiger partial charge in [-0.15, -0.1) is 5.10 Å². The molecule has 1 heterocycles. The minimum atomic E-state index is -0.0883. The number of nitrogens with two attached hydrogens (primary N) is 1. The molecule has 0 atom stereocenters. The number of hydrogen-bond acceptors (Lipinski definition) is 4. The number of aromatic nitrogens is 2. The zero-order valence-electron chi connectivity index (χ0n) is 11.3. The van der Waals surface area contributed by atoms with E-state index in [2.05, 4.69) is 10.2 Å². The zero-order chi connectivity index (χ0) is 14.7. The van der Waals surface area contributed by atoms with Crippen LogP contribution in [0.4, 0.5) is 0 Å². The molecule has 0 bridgehead atoms. The number of amidine groups is 1. The molecular weight excluding hydrogens is 276 g/mol. The van der Waals surface area contributed by atoms with Crippen LogP contribution in [0.25, 0.3) is 0 Å². The molecule has 1 aromatic carbocycles. The fraction of sp³-hybridized carbons (Fsp3) is 0.214. The monoisotopic (exact) mass is 290 g/mol. The fourth-order valence-corrected chi connectivity index (χ4v) is 1.96. The Labute approximate surface area is 122 Å². The first kappa shape index (κ1) is 14.3. The van der Waals surface area contributed by atoms with E-state index in [1.807, 2.05) is 32.0 Å². The van der Waals surface area contributed by atoms with Gasteiger partial charge in [0.2, 0.25) is 5.88 Å². The SMILES string of the molecule is Cc1nnc(OCc2ccccc2Cl)c(C(=N)N)c1C. The van der Waals surface area contributed by atoms with E-state index in [-0.39, 0.29) is 18.3 Å². The summed E-state index contributed by atoms with van der Waals surface area (Å²) in [6.45, 7) is 3.90. The number of nitrogens with zero attached hydrogens (tertiary/aromatic N) is 2. The minimum absolute atomic E-state index is 0.0883. The van der Waals surface area contributed by atoms with Crippen molar-refractivity contribution in [2.75, 3.05) is 0 Å². The Kier molecular flexibility index (Phi) is 4.20. The van der Waals surface area contributed by atoms with E-state index in [9.17, 15) is 0 Å². The molecule has 3 N–H and O–H groups in total. The van der Waals surface area contributed by atoms with Gasteiger partial charge in [0.25, 0.3) is 0 Å². The van der Waals surface area contributed by atoms with E-state index in [1.165, 1.54) is 0 Å². The number of aryl methyl sites for hydroxylation is 1. The predicted octanol–water partition coefficient (Wildman–Crippen LogP) is 2.61. The van der Waals surface area contributed by atoms with Crippen molar-refractivity contribution >= 4 is 17.4 Å². The van der Waals surface area contributed by atoms with Crippen LogP contribution >= 0.6 is 11.6 Å². The second-order valence-corrected chi connectivity index (χ2v) is 4.79. The molecule has 1 aromatic heterocycles. The smallest absolute Gasteiger partial charge is 0.245 e. The van der Waals surface area contributed by atoms with Gasteiger partial charge < -0.3 is 10.5 Å². The van der Waals surface area contributed by atoms with Gasteiger partial charge >= 0.3 is 0 Å². The normalized spacial score (nSPS) is 10.3. The van der Waals surface area contributed by atoms with Crippen molar-refractivity contribution in [3.8, 4) is 5.88 Å². The lowest BCUT2D eigenvalue weighted by Crippen LogP contribution is -2.17. The Morgan fingerprint density at radius 3 is 2.65 bits per heavy atom. The molecule has 0 amide bonds. The molecule has 0 spiro atoms. The summed E-state index contributed by atoms with van der Waals surface area (Å²) < 4.78 is 5.62. The maximum atomic E-state index is 7.64. The molecule has 0 fully saturated rings. The van der Waals surface area contributed by atoms with Crippen molar-refractivity contribution in [1.82, 2.24) is 10.2 Å². The van der Waals surface area contributed by atoms with Crippen LogP contribution in [0, 0.1) is 19.3 Å². The number of ether oxygens (including phenoxy) is 1. The second kappa shape index (κ2) is 5.88. The third-order valence-corrected chi connectivity index (χ3v) is 3.38. The van der Waals surface area contributed by atoms with Gasteiger partial charge in [0.1, 0.15) is 12.4 Å². The summed E-state index contributed by atoms with van der Waals surface area (Å²) in [5.41, 5.74) is 8.42. The van der Waals surface area contributed by atoms with Crippen LogP contribution in [-0.2, 0) is 6.61 Å². The highest BCUT2D eigenvalue weighted by Crippen LogP contribution is 2.22. The quantitative estimate of drug-likeness (QED) is 0.669. The summed E-state index contributed by atoms with van der Waals surface area (Å²) in [7, 11) is 0. The molecule has 0 aliphatic heterocycles. The highest BCUT2D eigenvalue weighted by molar-refractivity contribution is 6.31. The average molecular weight is 291 g/mol. The standard InChI is InChI=1S/C14H15ClN4O/c1-8-9(2)18-19-14(12(8)13(16)17)20-7-10-5-3-4-6-11(10)15/h3-6H,7H2,1-2H3,(H3,16,17). The fourth-order valence-electron chi connectivity index (χ4n) is 1.77. The maximum Gasteiger partial charge on any atom is 0.245 e. The first-order valence-corrected chi connectivity index (χ1v) is 6.43. The van der Waals surface area contributed by atoms with Crippen LogP contribution < -0.4 is 10.5 Å². The van der Waals surface area contributed by atoms with Crippen LogP contribution in [0.1, 0.15) is 22.4 Å². The number of benzene rings is 1. The van der Waals surface area contributed by atoms with Gasteiger partial charge in [-0.2, -0.15) is 5.10 Å². The summed E-state index contributed by atoms with van der Waals surface area (Å²) in [4.78, 5) is 0. The first-order chi connectivity index (χ1) is 9.50. The molecule has 0 saturated carbocycles. The highest BCUT2D eigenvalue weighted by Gasteiger charge is 2.15. The lowest BCUT2D eigenvalue weighted by Gasteiger charge is -2.12. The summed E-state index contributed by atoms with van der Waals surface area (Å²) >= 11 is 6.07. The lowest BCUT2D eigenvalue weighted by molar-refractivity contribution is 0.289. The molecule has 0 unspecified atom stereocenters. The van der Waals surface area contributed by atoms with Crippen molar-refractivity contribution in [2.45, 2.75) is 20.5 Å². The van der Waals surface area contributed by atoms with Gasteiger partial charge in [-0.05, 0) is 25.5 Å². The van der Waals surface area contributed by atoms with E-state index in [0.717, 1.165) is 16.8 Å². The Morgan fingerprint density at radius 1 is 1.30 bits per heavy atom. The molecule has 0 radical (unpaired) electrons. The molecular formula is C14H15ClN4O. The van der Waals surface area contributed by atoms with E-state index < -0.39 is 0 Å². The molecule has 0 aliphatic rings. The number of nitrogen functional groups attached to an aromatic ring is 1. The lowest BCUT2D eigenvalue weighted by atomic mass is 10.1. The van der Waals surface area contributed by atoms with Gasteiger partial charge in [0.05, 0.1) is 11.3 Å². The molecule has 20 heavy (non-hydrogen) atoms. The van der Waals surface area contributed by atoms with Gasteiger partial charge in [-0.3, -0.25) is 5.41 Å². The maximum absolute atomic E-state index is 7.64. The van der Waals surface area contributed by atoms with E-state index in [0.29, 0.717) is 10.6 Å². The van der Waals surface area contributed by atoms with Crippen LogP contribution in [0.3, 0.4) is 0 Å². The van der Waals surface area contributed by atoms with Crippen LogP contribution in [0.5, 0.6) is 5.88 Å². The van der Waals surface area contributed by atoms with Gasteiger partial charge in [-0.25, -0.2) is 0 Å². The Morgan fingerprint density at radius 2 is 2.00 bits per heavy atom. The Balaban J connectivity index is 2.29. The minimum Gasteiger partial charge on any atom is -0.471 e. The highest BCUT2D eigenvalue weighted by atomic mass is 35.5. The van der Waals surface area contributed by atoms with Crippen molar-refractivity contribution in [2.24, 2.45) is 5.73 Å². The van der Waals surface area contributed by atoms with Crippen molar-refractivity contribution in [3.63, 3.8) is 0 Å². The van der Waals surface area contributed by atoms with E-state index >= 15 is 0 Å². The topological polar surface area (TPSA) is 84.9 Å². The third kappa shape index (κ3) is 2.88. The first-order valence-electron chi connectivity index (χ1n) is 6.05. The summed E-state index contributed by atoms with van der Waals surface area (Å²) in [6, 6.07) is 7.38. The Hall–Kier alpha value is -2.14. The number of hydrogen-bond donors (Lipinski definition) is 2. The number of halogens is 1. The average Bonchev–Trinajstić information content (AvgIpc) is 2.41. The van der Waals surface area contributed by atoms with E-state index in [1.54, 1.807) is 6.07 Å². The third-order valence-electron chi connectivity index (χ3n) is 3.01. The van der Waals surface area contributed by atoms with Crippen LogP contribution in [0.15, 0.2) is 24.3 Å². The van der Waals surface area contributed by atoms with Crippen LogP contribution in [-0.4, -0.2) is 16.0 Å². The van der Waals surface area contributed by atoms with Crippen molar-refractivity contribution < 1.29 is 4.74 Å². The Bertz CT molecular complexity index is 658. The number of rotatable bonds is 4. The summed E-state index contributed by atoms with van der Waals surface area (Å²) in [6.07, 6.45) is 0. The van der Waals surface area contributed by atoms with Gasteiger partial charge in [0.15, 0.2) is 0 Å². The molecule has 0 aliphatic carbocycles. The van der Waals surface area contributed by atoms with E-state index in [4.69, 9.17) is 27.5 Å². The largest absolute Gasteiger partial charge is 0.471 e. The van der Waals surface area contributed by atoms with Crippen molar-refractivity contribution in [1.29, 1.82) is 5.41 Å². The van der Waals surface area contributed by atoms with Gasteiger partial charge in [0, 0.05) is 10.6 Å². The number of nitrogens with one attached hydrogen (secondary N) is 1. The zero-order valence-corrected chi connectivity index (χ0v) is 12.0. The molecule has 6 heteroatoms. The van der Waals surface area contributed by atoms with Gasteiger partial charge in [-0.1, -0.05) is 29.8 Å². The van der Waals surface area contributed by atoms with Crippen LogP contribution in [0.2, 0.25) is 5.02 Å². The second-order valence-electron chi connectivity index (χ2n) is 4.38. The molecule has 5 nitrogen and oxygen atoms in total.